The molecule has 96 valence electrons. The Labute approximate surface area is 104 Å². The van der Waals surface area contributed by atoms with E-state index in [1.54, 1.807) is 4.90 Å². The van der Waals surface area contributed by atoms with Gasteiger partial charge in [0, 0.05) is 19.5 Å². The van der Waals surface area contributed by atoms with Crippen molar-refractivity contribution in [1.82, 2.24) is 4.90 Å². The van der Waals surface area contributed by atoms with E-state index in [4.69, 9.17) is 10.00 Å². The molecule has 0 bridgehead atoms. The number of nitrogens with zero attached hydrogens (tertiary/aromatic N) is 2. The molecule has 4 nitrogen and oxygen atoms in total. The molecule has 4 heteroatoms. The lowest BCUT2D eigenvalue weighted by Gasteiger charge is -2.27. The van der Waals surface area contributed by atoms with Gasteiger partial charge in [0.1, 0.15) is 5.60 Å². The monoisotopic (exact) mass is 238 g/mol. The van der Waals surface area contributed by atoms with Crippen LogP contribution >= 0.6 is 0 Å². The smallest absolute Gasteiger partial charge is 0.410 e. The number of carbonyl (C=O) groups is 1. The predicted molar refractivity (Wildman–Crippen MR) is 65.4 cm³/mol. The molecule has 0 aromatic heterocycles. The first-order valence-corrected chi connectivity index (χ1v) is 6.27. The number of carbonyl (C=O) groups excluding carboxylic acids is 1. The van der Waals surface area contributed by atoms with Crippen LogP contribution in [0, 0.1) is 17.2 Å². The zero-order valence-corrected chi connectivity index (χ0v) is 11.0. The first-order chi connectivity index (χ1) is 7.92. The van der Waals surface area contributed by atoms with Gasteiger partial charge < -0.3 is 9.64 Å². The van der Waals surface area contributed by atoms with Crippen LogP contribution in [0.15, 0.2) is 0 Å². The summed E-state index contributed by atoms with van der Waals surface area (Å²) >= 11 is 0. The standard InChI is InChI=1S/C13H22N2O2/c1-13(2,3)17-12(16)15-9-5-4-6-11(10-15)7-8-14/h11H,4-7,9-10H2,1-3H3/t11-/m1/s1. The zero-order chi connectivity index (χ0) is 12.9. The first-order valence-electron chi connectivity index (χ1n) is 6.27. The third-order valence-corrected chi connectivity index (χ3v) is 2.80. The van der Waals surface area contributed by atoms with Gasteiger partial charge in [0.05, 0.1) is 6.07 Å². The summed E-state index contributed by atoms with van der Waals surface area (Å²) in [5.41, 5.74) is -0.450. The van der Waals surface area contributed by atoms with Gasteiger partial charge in [0.25, 0.3) is 0 Å². The molecule has 1 atom stereocenters. The molecule has 0 aromatic rings. The summed E-state index contributed by atoms with van der Waals surface area (Å²) in [7, 11) is 0. The van der Waals surface area contributed by atoms with Crippen molar-refractivity contribution in [1.29, 1.82) is 5.26 Å². The minimum Gasteiger partial charge on any atom is -0.444 e. The van der Waals surface area contributed by atoms with Crippen LogP contribution in [-0.2, 0) is 4.74 Å². The molecule has 0 aliphatic carbocycles. The molecule has 0 saturated carbocycles. The summed E-state index contributed by atoms with van der Waals surface area (Å²) in [6.45, 7) is 7.01. The molecule has 1 aliphatic rings. The van der Waals surface area contributed by atoms with Crippen LogP contribution in [0.1, 0.15) is 46.5 Å². The second-order valence-corrected chi connectivity index (χ2v) is 5.65. The SMILES string of the molecule is CC(C)(C)OC(=O)N1CCCC[C@H](CC#N)C1. The fraction of sp³-hybridized carbons (Fsp3) is 0.846. The molecule has 0 radical (unpaired) electrons. The lowest BCUT2D eigenvalue weighted by atomic mass is 10.0. The number of amides is 1. The Morgan fingerprint density at radius 2 is 2.18 bits per heavy atom. The van der Waals surface area contributed by atoms with Crippen LogP contribution < -0.4 is 0 Å². The predicted octanol–water partition coefficient (Wildman–Crippen LogP) is 2.94. The molecule has 0 N–H and O–H groups in total. The van der Waals surface area contributed by atoms with Crippen LogP contribution in [0.2, 0.25) is 0 Å². The summed E-state index contributed by atoms with van der Waals surface area (Å²) in [5, 5.41) is 8.74. The van der Waals surface area contributed by atoms with Crippen molar-refractivity contribution in [3.63, 3.8) is 0 Å². The van der Waals surface area contributed by atoms with Crippen LogP contribution in [0.4, 0.5) is 4.79 Å². The number of ether oxygens (including phenoxy) is 1. The van der Waals surface area contributed by atoms with Gasteiger partial charge in [-0.3, -0.25) is 0 Å². The molecule has 0 aromatic carbocycles. The fourth-order valence-electron chi connectivity index (χ4n) is 2.02. The highest BCUT2D eigenvalue weighted by Crippen LogP contribution is 2.20. The van der Waals surface area contributed by atoms with Crippen molar-refractivity contribution < 1.29 is 9.53 Å². The normalized spacial score (nSPS) is 21.5. The minimum atomic E-state index is -0.450. The third kappa shape index (κ3) is 5.08. The number of hydrogen-bond donors (Lipinski definition) is 0. The number of hydrogen-bond acceptors (Lipinski definition) is 3. The topological polar surface area (TPSA) is 53.3 Å². The van der Waals surface area contributed by atoms with E-state index in [9.17, 15) is 4.79 Å². The Morgan fingerprint density at radius 3 is 2.76 bits per heavy atom. The first kappa shape index (κ1) is 13.8. The van der Waals surface area contributed by atoms with E-state index in [0.717, 1.165) is 25.8 Å². The molecular formula is C13H22N2O2. The summed E-state index contributed by atoms with van der Waals surface area (Å²) in [6, 6.07) is 2.19. The molecule has 0 spiro atoms. The molecule has 1 rings (SSSR count). The van der Waals surface area contributed by atoms with Crippen LogP contribution in [0.5, 0.6) is 0 Å². The Hall–Kier alpha value is -1.24. The van der Waals surface area contributed by atoms with Gasteiger partial charge in [-0.15, -0.1) is 0 Å². The summed E-state index contributed by atoms with van der Waals surface area (Å²) < 4.78 is 5.36. The molecule has 1 heterocycles. The van der Waals surface area contributed by atoms with Crippen molar-refractivity contribution in [2.24, 2.45) is 5.92 Å². The Morgan fingerprint density at radius 1 is 1.47 bits per heavy atom. The van der Waals surface area contributed by atoms with Gasteiger partial charge >= 0.3 is 6.09 Å². The van der Waals surface area contributed by atoms with Gasteiger partial charge in [-0.1, -0.05) is 6.42 Å². The van der Waals surface area contributed by atoms with E-state index in [0.29, 0.717) is 18.9 Å². The van der Waals surface area contributed by atoms with Gasteiger partial charge in [0.2, 0.25) is 0 Å². The maximum absolute atomic E-state index is 11.9. The minimum absolute atomic E-state index is 0.248. The van der Waals surface area contributed by atoms with Crippen LogP contribution in [0.3, 0.4) is 0 Å². The Kier molecular flexibility index (Phi) is 4.80. The maximum Gasteiger partial charge on any atom is 0.410 e. The van der Waals surface area contributed by atoms with Crippen molar-refractivity contribution >= 4 is 6.09 Å². The second-order valence-electron chi connectivity index (χ2n) is 5.65. The third-order valence-electron chi connectivity index (χ3n) is 2.80. The average molecular weight is 238 g/mol. The van der Waals surface area contributed by atoms with Crippen molar-refractivity contribution in [2.75, 3.05) is 13.1 Å². The molecule has 1 fully saturated rings. The fourth-order valence-corrected chi connectivity index (χ4v) is 2.02. The number of likely N-dealkylation sites (tertiary alicyclic amines) is 1. The summed E-state index contributed by atoms with van der Waals surface area (Å²) in [5.74, 6) is 0.301. The molecule has 1 aliphatic heterocycles. The lowest BCUT2D eigenvalue weighted by molar-refractivity contribution is 0.0235. The van der Waals surface area contributed by atoms with Gasteiger partial charge in [-0.25, -0.2) is 4.79 Å². The summed E-state index contributed by atoms with van der Waals surface area (Å²) in [4.78, 5) is 13.7. The highest BCUT2D eigenvalue weighted by Gasteiger charge is 2.26. The zero-order valence-electron chi connectivity index (χ0n) is 11.0. The largest absolute Gasteiger partial charge is 0.444 e. The Bertz CT molecular complexity index is 302. The van der Waals surface area contributed by atoms with Gasteiger partial charge in [0.15, 0.2) is 0 Å². The van der Waals surface area contributed by atoms with Crippen molar-refractivity contribution in [2.45, 2.75) is 52.1 Å². The van der Waals surface area contributed by atoms with E-state index in [1.165, 1.54) is 0 Å². The second kappa shape index (κ2) is 5.90. The van der Waals surface area contributed by atoms with Gasteiger partial charge in [-0.05, 0) is 39.5 Å². The van der Waals surface area contributed by atoms with Crippen LogP contribution in [0.25, 0.3) is 0 Å². The molecule has 17 heavy (non-hydrogen) atoms. The van der Waals surface area contributed by atoms with E-state index >= 15 is 0 Å². The summed E-state index contributed by atoms with van der Waals surface area (Å²) in [6.07, 6.45) is 3.40. The number of rotatable bonds is 1. The van der Waals surface area contributed by atoms with Crippen molar-refractivity contribution in [3.8, 4) is 6.07 Å². The molecule has 1 saturated heterocycles. The van der Waals surface area contributed by atoms with E-state index in [1.807, 2.05) is 20.8 Å². The highest BCUT2D eigenvalue weighted by molar-refractivity contribution is 5.68. The Balaban J connectivity index is 2.56. The highest BCUT2D eigenvalue weighted by atomic mass is 16.6. The van der Waals surface area contributed by atoms with E-state index in [-0.39, 0.29) is 6.09 Å². The average Bonchev–Trinajstić information content (AvgIpc) is 2.41. The molecule has 1 amide bonds. The maximum atomic E-state index is 11.9. The number of nitriles is 1. The van der Waals surface area contributed by atoms with Gasteiger partial charge in [-0.2, -0.15) is 5.26 Å². The van der Waals surface area contributed by atoms with Crippen molar-refractivity contribution in [3.05, 3.63) is 0 Å². The van der Waals surface area contributed by atoms with Crippen LogP contribution in [-0.4, -0.2) is 29.7 Å². The molecular weight excluding hydrogens is 216 g/mol. The quantitative estimate of drug-likeness (QED) is 0.705. The van der Waals surface area contributed by atoms with E-state index < -0.39 is 5.60 Å². The lowest BCUT2D eigenvalue weighted by Crippen LogP contribution is -2.39. The van der Waals surface area contributed by atoms with E-state index in [2.05, 4.69) is 6.07 Å². The molecule has 0 unspecified atom stereocenters.